The number of fused-ring (bicyclic) bond motifs is 1. The quantitative estimate of drug-likeness (QED) is 0.855. The second-order valence-corrected chi connectivity index (χ2v) is 4.16. The summed E-state index contributed by atoms with van der Waals surface area (Å²) in [5.74, 6) is -0.933. The minimum Gasteiger partial charge on any atom is -0.478 e. The van der Waals surface area contributed by atoms with Crippen LogP contribution in [-0.4, -0.2) is 16.1 Å². The molecule has 0 unspecified atom stereocenters. The maximum atomic E-state index is 10.7. The lowest BCUT2D eigenvalue weighted by atomic mass is 10.3. The van der Waals surface area contributed by atoms with Crippen molar-refractivity contribution in [2.75, 3.05) is 0 Å². The van der Waals surface area contributed by atoms with Crippen molar-refractivity contribution in [3.05, 3.63) is 27.7 Å². The molecule has 0 saturated carbocycles. The van der Waals surface area contributed by atoms with E-state index in [0.29, 0.717) is 5.52 Å². The Morgan fingerprint density at radius 1 is 1.62 bits per heavy atom. The fourth-order valence-electron chi connectivity index (χ4n) is 1.05. The molecule has 0 saturated heterocycles. The molecule has 1 N–H and O–H groups in total. The first-order valence-electron chi connectivity index (χ1n) is 3.45. The molecule has 0 aromatic carbocycles. The molecule has 2 heterocycles. The maximum Gasteiger partial charge on any atom is 0.338 e. The molecule has 0 fully saturated rings. The number of halogens is 1. The average Bonchev–Trinajstić information content (AvgIpc) is 2.48. The number of aromatic carboxylic acids is 1. The maximum absolute atomic E-state index is 10.7. The molecule has 0 amide bonds. The second kappa shape index (κ2) is 3.08. The first-order chi connectivity index (χ1) is 6.20. The van der Waals surface area contributed by atoms with Gasteiger partial charge in [0, 0.05) is 16.0 Å². The van der Waals surface area contributed by atoms with Gasteiger partial charge in [-0.3, -0.25) is 4.98 Å². The predicted molar refractivity (Wildman–Crippen MR) is 54.3 cm³/mol. The standard InChI is InChI=1S/C8H4BrNO2S/c9-5-1-2-10-6-4(8(11)12)3-13-7(5)6/h1-3H,(H,11,12). The molecule has 0 radical (unpaired) electrons. The Bertz CT molecular complexity index is 480. The topological polar surface area (TPSA) is 50.2 Å². The van der Waals surface area contributed by atoms with Crippen LogP contribution in [0, 0.1) is 0 Å². The third kappa shape index (κ3) is 1.34. The van der Waals surface area contributed by atoms with E-state index in [1.807, 2.05) is 0 Å². The third-order valence-electron chi connectivity index (χ3n) is 1.64. The molecule has 66 valence electrons. The number of pyridine rings is 1. The summed E-state index contributed by atoms with van der Waals surface area (Å²) in [5, 5.41) is 10.4. The molecule has 0 aliphatic rings. The summed E-state index contributed by atoms with van der Waals surface area (Å²) in [7, 11) is 0. The van der Waals surface area contributed by atoms with Crippen molar-refractivity contribution >= 4 is 43.5 Å². The average molecular weight is 258 g/mol. The van der Waals surface area contributed by atoms with E-state index in [9.17, 15) is 4.79 Å². The van der Waals surface area contributed by atoms with Crippen LogP contribution in [-0.2, 0) is 0 Å². The Kier molecular flexibility index (Phi) is 2.05. The van der Waals surface area contributed by atoms with Crippen LogP contribution in [0.15, 0.2) is 22.1 Å². The Hall–Kier alpha value is -0.940. The van der Waals surface area contributed by atoms with Crippen LogP contribution in [0.4, 0.5) is 0 Å². The first kappa shape index (κ1) is 8.65. The zero-order valence-corrected chi connectivity index (χ0v) is 8.72. The summed E-state index contributed by atoms with van der Waals surface area (Å²) < 4.78 is 1.76. The van der Waals surface area contributed by atoms with Gasteiger partial charge in [0.15, 0.2) is 0 Å². The Morgan fingerprint density at radius 3 is 3.08 bits per heavy atom. The molecule has 0 bridgehead atoms. The van der Waals surface area contributed by atoms with Gasteiger partial charge in [-0.25, -0.2) is 4.79 Å². The minimum atomic E-state index is -0.933. The fourth-order valence-corrected chi connectivity index (χ4v) is 2.54. The number of thiophene rings is 1. The molecule has 0 atom stereocenters. The summed E-state index contributed by atoms with van der Waals surface area (Å²) in [4.78, 5) is 14.8. The van der Waals surface area contributed by atoms with E-state index in [1.54, 1.807) is 17.6 Å². The third-order valence-corrected chi connectivity index (χ3v) is 3.56. The van der Waals surface area contributed by atoms with Crippen molar-refractivity contribution in [1.82, 2.24) is 4.98 Å². The highest BCUT2D eigenvalue weighted by atomic mass is 79.9. The molecule has 0 aliphatic carbocycles. The van der Waals surface area contributed by atoms with E-state index in [2.05, 4.69) is 20.9 Å². The van der Waals surface area contributed by atoms with Crippen LogP contribution in [0.5, 0.6) is 0 Å². The highest BCUT2D eigenvalue weighted by Gasteiger charge is 2.12. The van der Waals surface area contributed by atoms with Gasteiger partial charge in [0.1, 0.15) is 0 Å². The Balaban J connectivity index is 2.83. The van der Waals surface area contributed by atoms with Crippen LogP contribution in [0.2, 0.25) is 0 Å². The number of rotatable bonds is 1. The van der Waals surface area contributed by atoms with Gasteiger partial charge in [-0.15, -0.1) is 11.3 Å². The zero-order chi connectivity index (χ0) is 9.42. The van der Waals surface area contributed by atoms with E-state index in [0.717, 1.165) is 9.17 Å². The van der Waals surface area contributed by atoms with Gasteiger partial charge in [0.2, 0.25) is 0 Å². The van der Waals surface area contributed by atoms with Crippen LogP contribution in [0.3, 0.4) is 0 Å². The molecule has 2 aromatic heterocycles. The molecule has 5 heteroatoms. The summed E-state index contributed by atoms with van der Waals surface area (Å²) in [5.41, 5.74) is 0.813. The Labute approximate surface area is 86.2 Å². The van der Waals surface area contributed by atoms with Crippen molar-refractivity contribution in [3.63, 3.8) is 0 Å². The minimum absolute atomic E-state index is 0.265. The fraction of sp³-hybridized carbons (Fsp3) is 0. The van der Waals surface area contributed by atoms with Gasteiger partial charge in [-0.1, -0.05) is 0 Å². The van der Waals surface area contributed by atoms with Crippen LogP contribution in [0.1, 0.15) is 10.4 Å². The lowest BCUT2D eigenvalue weighted by molar-refractivity contribution is 0.0699. The van der Waals surface area contributed by atoms with E-state index in [-0.39, 0.29) is 5.56 Å². The van der Waals surface area contributed by atoms with Crippen LogP contribution < -0.4 is 0 Å². The van der Waals surface area contributed by atoms with Crippen molar-refractivity contribution in [1.29, 1.82) is 0 Å². The van der Waals surface area contributed by atoms with E-state index < -0.39 is 5.97 Å². The molecular weight excluding hydrogens is 254 g/mol. The van der Waals surface area contributed by atoms with Crippen LogP contribution in [0.25, 0.3) is 10.2 Å². The molecular formula is C8H4BrNO2S. The zero-order valence-electron chi connectivity index (χ0n) is 6.32. The number of hydrogen-bond acceptors (Lipinski definition) is 3. The normalized spacial score (nSPS) is 10.5. The number of aromatic nitrogens is 1. The van der Waals surface area contributed by atoms with Gasteiger partial charge in [-0.05, 0) is 22.0 Å². The van der Waals surface area contributed by atoms with Gasteiger partial charge in [-0.2, -0.15) is 0 Å². The molecule has 3 nitrogen and oxygen atoms in total. The summed E-state index contributed by atoms with van der Waals surface area (Å²) in [6, 6.07) is 1.80. The molecule has 2 aromatic rings. The van der Waals surface area contributed by atoms with Crippen molar-refractivity contribution < 1.29 is 9.90 Å². The number of nitrogens with zero attached hydrogens (tertiary/aromatic N) is 1. The van der Waals surface area contributed by atoms with E-state index >= 15 is 0 Å². The number of carboxylic acids is 1. The van der Waals surface area contributed by atoms with Crippen molar-refractivity contribution in [2.45, 2.75) is 0 Å². The Morgan fingerprint density at radius 2 is 2.38 bits per heavy atom. The van der Waals surface area contributed by atoms with Crippen molar-refractivity contribution in [3.8, 4) is 0 Å². The number of carbonyl (C=O) groups is 1. The smallest absolute Gasteiger partial charge is 0.338 e. The summed E-state index contributed by atoms with van der Waals surface area (Å²) in [6.45, 7) is 0. The molecule has 0 aliphatic heterocycles. The number of carboxylic acid groups (broad SMARTS) is 1. The predicted octanol–water partition coefficient (Wildman–Crippen LogP) is 2.76. The van der Waals surface area contributed by atoms with E-state index in [1.165, 1.54) is 11.3 Å². The lowest BCUT2D eigenvalue weighted by Gasteiger charge is -1.92. The first-order valence-corrected chi connectivity index (χ1v) is 5.12. The molecule has 2 rings (SSSR count). The lowest BCUT2D eigenvalue weighted by Crippen LogP contribution is -1.94. The highest BCUT2D eigenvalue weighted by molar-refractivity contribution is 9.10. The van der Waals surface area contributed by atoms with Crippen molar-refractivity contribution in [2.24, 2.45) is 0 Å². The van der Waals surface area contributed by atoms with Crippen LogP contribution >= 0.6 is 27.3 Å². The number of hydrogen-bond donors (Lipinski definition) is 1. The van der Waals surface area contributed by atoms with E-state index in [4.69, 9.17) is 5.11 Å². The van der Waals surface area contributed by atoms with Gasteiger partial charge < -0.3 is 5.11 Å². The van der Waals surface area contributed by atoms with Gasteiger partial charge in [0.25, 0.3) is 0 Å². The SMILES string of the molecule is O=C(O)c1csc2c(Br)ccnc12. The molecule has 13 heavy (non-hydrogen) atoms. The van der Waals surface area contributed by atoms with Gasteiger partial charge >= 0.3 is 5.97 Å². The van der Waals surface area contributed by atoms with Gasteiger partial charge in [0.05, 0.1) is 15.8 Å². The molecule has 0 spiro atoms. The summed E-state index contributed by atoms with van der Waals surface area (Å²) >= 11 is 4.72. The monoisotopic (exact) mass is 257 g/mol. The summed E-state index contributed by atoms with van der Waals surface area (Å²) in [6.07, 6.45) is 1.59. The highest BCUT2D eigenvalue weighted by Crippen LogP contribution is 2.30. The second-order valence-electron chi connectivity index (χ2n) is 2.43. The largest absolute Gasteiger partial charge is 0.478 e.